The van der Waals surface area contributed by atoms with Crippen LogP contribution in [-0.2, 0) is 11.2 Å². The molecule has 1 aromatic rings. The summed E-state index contributed by atoms with van der Waals surface area (Å²) in [5.74, 6) is 0.603. The van der Waals surface area contributed by atoms with Crippen LogP contribution >= 0.6 is 0 Å². The SMILES string of the molecule is COC1=CC=C(Cc2cc(OC)c(ONC3CCCC3O)c(F)c2C)CN1. The number of hydrogen-bond acceptors (Lipinski definition) is 6. The molecule has 148 valence electrons. The standard InChI is InChI=1S/C20H27FN2O4/c1-12-14(9-13-7-8-18(26-3)22-11-13)10-17(25-2)20(19(12)21)27-23-15-5-4-6-16(15)24/h7-8,10,15-16,22-24H,4-6,9,11H2,1-3H3. The molecule has 1 fully saturated rings. The topological polar surface area (TPSA) is 72.0 Å². The van der Waals surface area contributed by atoms with Crippen molar-refractivity contribution in [1.29, 1.82) is 0 Å². The van der Waals surface area contributed by atoms with Crippen molar-refractivity contribution in [3.05, 3.63) is 46.6 Å². The molecule has 27 heavy (non-hydrogen) atoms. The van der Waals surface area contributed by atoms with Gasteiger partial charge in [0.1, 0.15) is 0 Å². The second kappa shape index (κ2) is 8.63. The van der Waals surface area contributed by atoms with Gasteiger partial charge in [0.15, 0.2) is 17.4 Å². The Labute approximate surface area is 159 Å². The molecule has 2 atom stereocenters. The minimum absolute atomic E-state index is 0.0233. The first-order chi connectivity index (χ1) is 13.0. The summed E-state index contributed by atoms with van der Waals surface area (Å²) >= 11 is 0. The first-order valence-electron chi connectivity index (χ1n) is 9.17. The monoisotopic (exact) mass is 378 g/mol. The van der Waals surface area contributed by atoms with Crippen LogP contribution in [0.25, 0.3) is 0 Å². The number of rotatable bonds is 7. The van der Waals surface area contributed by atoms with Gasteiger partial charge in [0.2, 0.25) is 5.75 Å². The number of aliphatic hydroxyl groups is 1. The molecule has 2 aliphatic rings. The minimum Gasteiger partial charge on any atom is -0.493 e. The number of benzene rings is 1. The van der Waals surface area contributed by atoms with Crippen LogP contribution in [-0.4, -0.2) is 38.0 Å². The molecule has 7 heteroatoms. The van der Waals surface area contributed by atoms with Gasteiger partial charge in [-0.3, -0.25) is 0 Å². The molecule has 3 rings (SSSR count). The highest BCUT2D eigenvalue weighted by molar-refractivity contribution is 5.49. The first-order valence-corrected chi connectivity index (χ1v) is 9.17. The molecule has 0 saturated heterocycles. The van der Waals surface area contributed by atoms with E-state index >= 15 is 0 Å². The predicted octanol–water partition coefficient (Wildman–Crippen LogP) is 2.50. The van der Waals surface area contributed by atoms with Crippen molar-refractivity contribution in [2.24, 2.45) is 0 Å². The van der Waals surface area contributed by atoms with E-state index in [0.29, 0.717) is 30.2 Å². The molecular formula is C20H27FN2O4. The lowest BCUT2D eigenvalue weighted by molar-refractivity contribution is 0.0685. The molecule has 0 aromatic heterocycles. The van der Waals surface area contributed by atoms with Gasteiger partial charge in [-0.25, -0.2) is 4.39 Å². The third-order valence-corrected chi connectivity index (χ3v) is 5.15. The van der Waals surface area contributed by atoms with Gasteiger partial charge in [0, 0.05) is 6.54 Å². The third-order valence-electron chi connectivity index (χ3n) is 5.15. The Hall–Kier alpha value is -2.25. The van der Waals surface area contributed by atoms with E-state index in [1.54, 1.807) is 20.1 Å². The lowest BCUT2D eigenvalue weighted by atomic mass is 9.98. The summed E-state index contributed by atoms with van der Waals surface area (Å²) < 4.78 is 25.5. The normalized spacial score (nSPS) is 22.0. The van der Waals surface area contributed by atoms with Crippen molar-refractivity contribution in [2.75, 3.05) is 20.8 Å². The zero-order valence-electron chi connectivity index (χ0n) is 16.0. The Kier molecular flexibility index (Phi) is 6.23. The highest BCUT2D eigenvalue weighted by atomic mass is 19.1. The fraction of sp³-hybridized carbons (Fsp3) is 0.500. The minimum atomic E-state index is -0.477. The van der Waals surface area contributed by atoms with Crippen molar-refractivity contribution in [1.82, 2.24) is 10.8 Å². The molecule has 0 spiro atoms. The van der Waals surface area contributed by atoms with E-state index in [2.05, 4.69) is 10.8 Å². The van der Waals surface area contributed by atoms with Crippen molar-refractivity contribution in [3.8, 4) is 11.5 Å². The predicted molar refractivity (Wildman–Crippen MR) is 100.0 cm³/mol. The van der Waals surface area contributed by atoms with Crippen LogP contribution in [0.1, 0.15) is 30.4 Å². The second-order valence-corrected chi connectivity index (χ2v) is 6.92. The average molecular weight is 378 g/mol. The van der Waals surface area contributed by atoms with Crippen molar-refractivity contribution >= 4 is 0 Å². The lowest BCUT2D eigenvalue weighted by Gasteiger charge is -2.21. The van der Waals surface area contributed by atoms with E-state index in [4.69, 9.17) is 14.3 Å². The number of hydroxylamine groups is 1. The molecule has 0 radical (unpaired) electrons. The number of ether oxygens (including phenoxy) is 2. The summed E-state index contributed by atoms with van der Waals surface area (Å²) in [5, 5.41) is 13.0. The molecule has 1 saturated carbocycles. The summed E-state index contributed by atoms with van der Waals surface area (Å²) in [6.07, 6.45) is 6.39. The molecule has 1 heterocycles. The summed E-state index contributed by atoms with van der Waals surface area (Å²) in [5.41, 5.74) is 5.25. The first kappa shape index (κ1) is 19.5. The average Bonchev–Trinajstić information content (AvgIpc) is 3.10. The van der Waals surface area contributed by atoms with Crippen molar-refractivity contribution in [2.45, 2.75) is 44.8 Å². The van der Waals surface area contributed by atoms with Gasteiger partial charge in [0.25, 0.3) is 0 Å². The maximum atomic E-state index is 15.0. The number of halogens is 1. The lowest BCUT2D eigenvalue weighted by Crippen LogP contribution is -2.38. The van der Waals surface area contributed by atoms with Gasteiger partial charge in [-0.15, -0.1) is 0 Å². The number of hydrogen-bond donors (Lipinski definition) is 3. The van der Waals surface area contributed by atoms with Gasteiger partial charge in [-0.05, 0) is 61.4 Å². The van der Waals surface area contributed by atoms with Crippen molar-refractivity contribution < 1.29 is 23.8 Å². The summed E-state index contributed by atoms with van der Waals surface area (Å²) in [6.45, 7) is 2.37. The van der Waals surface area contributed by atoms with Crippen LogP contribution in [0.15, 0.2) is 29.7 Å². The Morgan fingerprint density at radius 3 is 2.67 bits per heavy atom. The largest absolute Gasteiger partial charge is 0.493 e. The molecule has 1 aliphatic heterocycles. The fourth-order valence-corrected chi connectivity index (χ4v) is 3.41. The highest BCUT2D eigenvalue weighted by Crippen LogP contribution is 2.35. The van der Waals surface area contributed by atoms with Gasteiger partial charge in [-0.1, -0.05) is 6.08 Å². The van der Waals surface area contributed by atoms with Crippen LogP contribution in [0.3, 0.4) is 0 Å². The molecule has 1 aromatic carbocycles. The number of aliphatic hydroxyl groups excluding tert-OH is 1. The molecular weight excluding hydrogens is 351 g/mol. The number of nitrogens with one attached hydrogen (secondary N) is 2. The van der Waals surface area contributed by atoms with Crippen LogP contribution in [0.4, 0.5) is 4.39 Å². The Bertz CT molecular complexity index is 748. The third kappa shape index (κ3) is 4.36. The molecule has 6 nitrogen and oxygen atoms in total. The molecule has 2 unspecified atom stereocenters. The van der Waals surface area contributed by atoms with Crippen LogP contribution in [0.2, 0.25) is 0 Å². The summed E-state index contributed by atoms with van der Waals surface area (Å²) in [4.78, 5) is 5.50. The molecule has 1 aliphatic carbocycles. The molecule has 3 N–H and O–H groups in total. The Morgan fingerprint density at radius 1 is 1.26 bits per heavy atom. The van der Waals surface area contributed by atoms with Crippen molar-refractivity contribution in [3.63, 3.8) is 0 Å². The number of allylic oxidation sites excluding steroid dienone is 2. The zero-order valence-corrected chi connectivity index (χ0v) is 16.0. The van der Waals surface area contributed by atoms with E-state index in [1.165, 1.54) is 7.11 Å². The van der Waals surface area contributed by atoms with Crippen LogP contribution < -0.4 is 20.4 Å². The van der Waals surface area contributed by atoms with Crippen LogP contribution in [0, 0.1) is 12.7 Å². The van der Waals surface area contributed by atoms with E-state index in [9.17, 15) is 9.50 Å². The zero-order chi connectivity index (χ0) is 19.4. The molecule has 0 amide bonds. The maximum Gasteiger partial charge on any atom is 0.224 e. The second-order valence-electron chi connectivity index (χ2n) is 6.92. The Balaban J connectivity index is 1.78. The molecule has 0 bridgehead atoms. The highest BCUT2D eigenvalue weighted by Gasteiger charge is 2.27. The van der Waals surface area contributed by atoms with Gasteiger partial charge in [0.05, 0.1) is 26.4 Å². The van der Waals surface area contributed by atoms with Crippen LogP contribution in [0.5, 0.6) is 11.5 Å². The van der Waals surface area contributed by atoms with E-state index in [0.717, 1.165) is 30.4 Å². The quantitative estimate of drug-likeness (QED) is 0.634. The summed E-state index contributed by atoms with van der Waals surface area (Å²) in [7, 11) is 3.10. The number of methoxy groups -OCH3 is 2. The number of dihydropyridines is 1. The van der Waals surface area contributed by atoms with E-state index in [-0.39, 0.29) is 11.8 Å². The van der Waals surface area contributed by atoms with E-state index in [1.807, 2.05) is 12.2 Å². The van der Waals surface area contributed by atoms with E-state index < -0.39 is 11.9 Å². The smallest absolute Gasteiger partial charge is 0.224 e. The van der Waals surface area contributed by atoms with Gasteiger partial charge >= 0.3 is 0 Å². The fourth-order valence-electron chi connectivity index (χ4n) is 3.41. The Morgan fingerprint density at radius 2 is 2.07 bits per heavy atom. The van der Waals surface area contributed by atoms with Gasteiger partial charge in [-0.2, -0.15) is 5.48 Å². The maximum absolute atomic E-state index is 15.0. The van der Waals surface area contributed by atoms with Gasteiger partial charge < -0.3 is 24.7 Å². The summed E-state index contributed by atoms with van der Waals surface area (Å²) in [6, 6.07) is 1.60.